The van der Waals surface area contributed by atoms with E-state index in [0.717, 1.165) is 0 Å². The number of carbonyl (C=O) groups excluding carboxylic acids is 2. The van der Waals surface area contributed by atoms with Crippen LogP contribution in [0.15, 0.2) is 96.4 Å². The topological polar surface area (TPSA) is 168 Å². The molecule has 0 radical (unpaired) electrons. The van der Waals surface area contributed by atoms with Crippen LogP contribution in [0.4, 0.5) is 0 Å². The van der Waals surface area contributed by atoms with Gasteiger partial charge in [0, 0.05) is 67.8 Å². The minimum Gasteiger partial charge on any atom is -0.356 e. The van der Waals surface area contributed by atoms with E-state index in [1.54, 1.807) is 84.5 Å². The highest BCUT2D eigenvalue weighted by Gasteiger charge is 2.65. The summed E-state index contributed by atoms with van der Waals surface area (Å²) < 4.78 is 28.1. The van der Waals surface area contributed by atoms with Crippen LogP contribution < -0.4 is 5.32 Å². The highest BCUT2D eigenvalue weighted by atomic mass is 32.2. The van der Waals surface area contributed by atoms with Crippen LogP contribution in [0.25, 0.3) is 0 Å². The largest absolute Gasteiger partial charge is 0.356 e. The van der Waals surface area contributed by atoms with Crippen LogP contribution in [0.3, 0.4) is 0 Å². The molecule has 2 aliphatic heterocycles. The number of nitrogens with one attached hydrogen (secondary N) is 3. The molecular weight excluding hydrogens is 580 g/mol. The molecule has 44 heavy (non-hydrogen) atoms. The molecule has 0 bridgehead atoms. The smallest absolute Gasteiger partial charge is 0.254 e. The van der Waals surface area contributed by atoms with Gasteiger partial charge in [-0.25, -0.2) is 18.4 Å². The SMILES string of the molecule is N#Cc1ccc(C(=O)C=C2NC(Cc3c[nH]cn3)(Cc3c[nH]cn3)C(=O)N2[C@H]2[C@@H]3CN(S(=O)(=O)c4ccccc4)C[C@@H]32)cc1. The van der Waals surface area contributed by atoms with E-state index < -0.39 is 15.6 Å². The predicted octanol–water partition coefficient (Wildman–Crippen LogP) is 2.00. The maximum Gasteiger partial charge on any atom is 0.254 e. The minimum absolute atomic E-state index is 0.0841. The van der Waals surface area contributed by atoms with Crippen molar-refractivity contribution in [2.45, 2.75) is 29.3 Å². The number of imidazole rings is 2. The third-order valence-corrected chi connectivity index (χ3v) is 10.5. The Labute approximate surface area is 253 Å². The number of amides is 1. The molecule has 0 spiro atoms. The Morgan fingerprint density at radius 1 is 0.977 bits per heavy atom. The average Bonchev–Trinajstić information content (AvgIpc) is 3.64. The molecule has 0 unspecified atom stereocenters. The van der Waals surface area contributed by atoms with Gasteiger partial charge in [-0.05, 0) is 36.4 Å². The highest BCUT2D eigenvalue weighted by molar-refractivity contribution is 7.89. The molecule has 2 aromatic heterocycles. The van der Waals surface area contributed by atoms with Gasteiger partial charge in [-0.2, -0.15) is 9.57 Å². The number of sulfonamides is 1. The Balaban J connectivity index is 1.22. The van der Waals surface area contributed by atoms with Crippen molar-refractivity contribution in [2.75, 3.05) is 13.1 Å². The predicted molar refractivity (Wildman–Crippen MR) is 157 cm³/mol. The Hall–Kier alpha value is -5.06. The molecule has 13 heteroatoms. The van der Waals surface area contributed by atoms with E-state index in [9.17, 15) is 18.0 Å². The van der Waals surface area contributed by atoms with Gasteiger partial charge in [0.05, 0.1) is 40.6 Å². The third-order valence-electron chi connectivity index (χ3n) is 8.69. The first kappa shape index (κ1) is 27.8. The zero-order valence-electron chi connectivity index (χ0n) is 23.4. The normalized spacial score (nSPS) is 23.3. The van der Waals surface area contributed by atoms with Crippen molar-refractivity contribution >= 4 is 21.7 Å². The minimum atomic E-state index is -3.67. The fourth-order valence-corrected chi connectivity index (χ4v) is 8.03. The number of H-pyrrole nitrogens is 2. The molecule has 1 saturated carbocycles. The Kier molecular flexibility index (Phi) is 6.68. The van der Waals surface area contributed by atoms with Crippen molar-refractivity contribution in [2.24, 2.45) is 11.8 Å². The maximum absolute atomic E-state index is 14.6. The highest BCUT2D eigenvalue weighted by Crippen LogP contribution is 2.53. The summed E-state index contributed by atoms with van der Waals surface area (Å²) in [6.45, 7) is 0.553. The van der Waals surface area contributed by atoms with Crippen molar-refractivity contribution in [3.63, 3.8) is 0 Å². The number of ketones is 1. The summed E-state index contributed by atoms with van der Waals surface area (Å²) in [5, 5.41) is 12.6. The number of aromatic nitrogens is 4. The van der Waals surface area contributed by atoms with Crippen molar-refractivity contribution in [3.8, 4) is 6.07 Å². The summed E-state index contributed by atoms with van der Waals surface area (Å²) in [7, 11) is -3.67. The fraction of sp³-hybridized carbons (Fsp3) is 0.258. The number of allylic oxidation sites excluding steroid dienone is 1. The molecule has 3 atom stereocenters. The lowest BCUT2D eigenvalue weighted by Crippen LogP contribution is -2.51. The van der Waals surface area contributed by atoms with E-state index >= 15 is 0 Å². The Morgan fingerprint density at radius 2 is 1.59 bits per heavy atom. The Bertz CT molecular complexity index is 1830. The van der Waals surface area contributed by atoms with Crippen LogP contribution in [-0.2, 0) is 27.7 Å². The molecule has 222 valence electrons. The molecule has 1 aliphatic carbocycles. The lowest BCUT2D eigenvalue weighted by molar-refractivity contribution is -0.132. The van der Waals surface area contributed by atoms with Crippen molar-refractivity contribution in [1.82, 2.24) is 34.5 Å². The van der Waals surface area contributed by atoms with Crippen LogP contribution in [0.1, 0.15) is 27.3 Å². The number of piperidine rings is 1. The van der Waals surface area contributed by atoms with Gasteiger partial charge >= 0.3 is 0 Å². The number of fused-ring (bicyclic) bond motifs is 1. The first-order valence-electron chi connectivity index (χ1n) is 14.2. The van der Waals surface area contributed by atoms with Crippen LogP contribution >= 0.6 is 0 Å². The van der Waals surface area contributed by atoms with Gasteiger partial charge in [-0.15, -0.1) is 0 Å². The van der Waals surface area contributed by atoms with Gasteiger partial charge in [0.25, 0.3) is 5.91 Å². The zero-order valence-corrected chi connectivity index (χ0v) is 24.2. The summed E-state index contributed by atoms with van der Waals surface area (Å²) in [6, 6.07) is 16.4. The molecule has 2 aromatic carbocycles. The van der Waals surface area contributed by atoms with E-state index in [1.807, 2.05) is 6.07 Å². The van der Waals surface area contributed by atoms with E-state index in [1.165, 1.54) is 10.4 Å². The van der Waals surface area contributed by atoms with Crippen LogP contribution in [0.5, 0.6) is 0 Å². The summed E-state index contributed by atoms with van der Waals surface area (Å²) >= 11 is 0. The van der Waals surface area contributed by atoms with E-state index in [0.29, 0.717) is 28.3 Å². The van der Waals surface area contributed by atoms with E-state index in [-0.39, 0.29) is 60.4 Å². The van der Waals surface area contributed by atoms with Crippen LogP contribution in [-0.4, -0.2) is 73.9 Å². The molecular formula is C31H28N8O4S. The number of carbonyl (C=O) groups is 2. The van der Waals surface area contributed by atoms with Gasteiger partial charge in [-0.1, -0.05) is 18.2 Å². The molecule has 7 rings (SSSR count). The summed E-state index contributed by atoms with van der Waals surface area (Å²) in [6.07, 6.45) is 8.44. The van der Waals surface area contributed by atoms with E-state index in [2.05, 4.69) is 25.3 Å². The number of benzene rings is 2. The maximum atomic E-state index is 14.6. The molecule has 2 saturated heterocycles. The lowest BCUT2D eigenvalue weighted by atomic mass is 9.88. The third kappa shape index (κ3) is 4.78. The Morgan fingerprint density at radius 3 is 2.14 bits per heavy atom. The number of rotatable bonds is 9. The quantitative estimate of drug-likeness (QED) is 0.192. The van der Waals surface area contributed by atoms with Crippen LogP contribution in [0.2, 0.25) is 0 Å². The van der Waals surface area contributed by atoms with Crippen molar-refractivity contribution < 1.29 is 18.0 Å². The number of aromatic amines is 2. The summed E-state index contributed by atoms with van der Waals surface area (Å²) in [5.74, 6) is -0.366. The number of nitrogens with zero attached hydrogens (tertiary/aromatic N) is 5. The molecule has 4 heterocycles. The van der Waals surface area contributed by atoms with Gasteiger partial charge in [-0.3, -0.25) is 14.5 Å². The molecule has 12 nitrogen and oxygen atoms in total. The van der Waals surface area contributed by atoms with Crippen molar-refractivity contribution in [1.29, 1.82) is 5.26 Å². The molecule has 4 aromatic rings. The molecule has 1 amide bonds. The first-order valence-corrected chi connectivity index (χ1v) is 15.6. The number of nitriles is 1. The van der Waals surface area contributed by atoms with E-state index in [4.69, 9.17) is 5.26 Å². The standard InChI is InChI=1S/C31H28N8O4S/c32-13-20-6-8-21(9-7-20)27(40)10-28-37-31(11-22-14-33-18-35-22,12-23-15-34-19-36-23)30(41)39(28)29-25-16-38(17-26(25)29)44(42,43)24-4-2-1-3-5-24/h1-10,14-15,18-19,25-26,29,37H,11-12,16-17H2,(H,33,35)(H,34,36)/t25-,26+,29+. The zero-order chi connectivity index (χ0) is 30.5. The van der Waals surface area contributed by atoms with Crippen molar-refractivity contribution in [3.05, 3.63) is 114 Å². The van der Waals surface area contributed by atoms with Gasteiger partial charge < -0.3 is 15.3 Å². The molecule has 3 aliphatic rings. The van der Waals surface area contributed by atoms with Gasteiger partial charge in [0.2, 0.25) is 10.0 Å². The average molecular weight is 609 g/mol. The van der Waals surface area contributed by atoms with Crippen LogP contribution in [0, 0.1) is 23.2 Å². The van der Waals surface area contributed by atoms with Gasteiger partial charge in [0.1, 0.15) is 11.4 Å². The summed E-state index contributed by atoms with van der Waals surface area (Å²) in [5.41, 5.74) is 0.949. The number of hydrogen-bond donors (Lipinski definition) is 3. The molecule has 3 fully saturated rings. The second-order valence-corrected chi connectivity index (χ2v) is 13.3. The second kappa shape index (κ2) is 10.6. The number of hydrogen-bond acceptors (Lipinski definition) is 8. The lowest BCUT2D eigenvalue weighted by Gasteiger charge is -2.27. The summed E-state index contributed by atoms with van der Waals surface area (Å²) in [4.78, 5) is 44.5. The monoisotopic (exact) mass is 608 g/mol. The molecule has 3 N–H and O–H groups in total. The van der Waals surface area contributed by atoms with Gasteiger partial charge in [0.15, 0.2) is 5.78 Å². The first-order chi connectivity index (χ1) is 21.3. The second-order valence-electron chi connectivity index (χ2n) is 11.4. The fourth-order valence-electron chi connectivity index (χ4n) is 6.49.